The molecule has 0 aromatic heterocycles. The fraction of sp³-hybridized carbons (Fsp3) is 0.375. The summed E-state index contributed by atoms with van der Waals surface area (Å²) in [7, 11) is 0. The number of unbranched alkanes of at least 4 members (excludes halogenated alkanes) is 3. The normalized spacial score (nSPS) is 11.4. The van der Waals surface area contributed by atoms with E-state index in [2.05, 4.69) is 6.92 Å². The van der Waals surface area contributed by atoms with Crippen LogP contribution in [0.1, 0.15) is 38.2 Å². The van der Waals surface area contributed by atoms with E-state index < -0.39 is 5.97 Å². The maximum Gasteiger partial charge on any atom is 0.351 e. The van der Waals surface area contributed by atoms with Crippen LogP contribution < -0.4 is 5.73 Å². The first-order valence-electron chi connectivity index (χ1n) is 6.83. The maximum absolute atomic E-state index is 11.8. The minimum atomic E-state index is -0.648. The molecule has 0 bridgehead atoms. The number of carbonyl (C=O) groups excluding carboxylic acids is 1. The van der Waals surface area contributed by atoms with E-state index in [0.717, 1.165) is 25.7 Å². The first kappa shape index (κ1) is 15.8. The number of hydrogen-bond donors (Lipinski definition) is 1. The second-order valence-corrected chi connectivity index (χ2v) is 4.46. The Morgan fingerprint density at radius 3 is 2.55 bits per heavy atom. The highest BCUT2D eigenvalue weighted by molar-refractivity contribution is 6.00. The van der Waals surface area contributed by atoms with Crippen LogP contribution in [0.25, 0.3) is 5.70 Å². The fourth-order valence-electron chi connectivity index (χ4n) is 1.74. The highest BCUT2D eigenvalue weighted by atomic mass is 16.5. The molecule has 106 valence electrons. The van der Waals surface area contributed by atoms with Crippen molar-refractivity contribution < 1.29 is 9.53 Å². The van der Waals surface area contributed by atoms with Gasteiger partial charge >= 0.3 is 5.97 Å². The van der Waals surface area contributed by atoms with Gasteiger partial charge in [0.2, 0.25) is 0 Å². The van der Waals surface area contributed by atoms with Crippen LogP contribution in [-0.2, 0) is 9.53 Å². The Hall–Kier alpha value is -2.28. The number of hydrogen-bond acceptors (Lipinski definition) is 4. The molecule has 0 aliphatic rings. The van der Waals surface area contributed by atoms with Gasteiger partial charge < -0.3 is 10.5 Å². The summed E-state index contributed by atoms with van der Waals surface area (Å²) >= 11 is 0. The van der Waals surface area contributed by atoms with Crippen LogP contribution in [0.4, 0.5) is 0 Å². The molecule has 0 saturated carbocycles. The van der Waals surface area contributed by atoms with Crippen molar-refractivity contribution in [3.05, 3.63) is 41.5 Å². The molecule has 1 aromatic carbocycles. The summed E-state index contributed by atoms with van der Waals surface area (Å²) in [4.78, 5) is 11.8. The zero-order chi connectivity index (χ0) is 14.8. The summed E-state index contributed by atoms with van der Waals surface area (Å²) in [5, 5.41) is 9.08. The smallest absolute Gasteiger partial charge is 0.351 e. The molecular formula is C16H20N2O2. The second kappa shape index (κ2) is 8.76. The zero-order valence-corrected chi connectivity index (χ0v) is 11.8. The van der Waals surface area contributed by atoms with Crippen LogP contribution in [0.3, 0.4) is 0 Å². The van der Waals surface area contributed by atoms with E-state index in [4.69, 9.17) is 15.7 Å². The van der Waals surface area contributed by atoms with E-state index in [0.29, 0.717) is 12.2 Å². The van der Waals surface area contributed by atoms with Crippen molar-refractivity contribution in [1.29, 1.82) is 5.26 Å². The van der Waals surface area contributed by atoms with Crippen LogP contribution in [0.5, 0.6) is 0 Å². The lowest BCUT2D eigenvalue weighted by Gasteiger charge is -2.07. The first-order valence-corrected chi connectivity index (χ1v) is 6.83. The third-order valence-corrected chi connectivity index (χ3v) is 2.90. The highest BCUT2D eigenvalue weighted by Gasteiger charge is 2.15. The Bertz CT molecular complexity index is 501. The Morgan fingerprint density at radius 1 is 1.25 bits per heavy atom. The zero-order valence-electron chi connectivity index (χ0n) is 11.8. The topological polar surface area (TPSA) is 76.1 Å². The van der Waals surface area contributed by atoms with Crippen LogP contribution in [0, 0.1) is 11.3 Å². The molecule has 4 nitrogen and oxygen atoms in total. The summed E-state index contributed by atoms with van der Waals surface area (Å²) in [6.07, 6.45) is 4.07. The number of rotatable bonds is 7. The predicted octanol–water partition coefficient (Wildman–Crippen LogP) is 3.00. The van der Waals surface area contributed by atoms with Gasteiger partial charge in [0, 0.05) is 0 Å². The van der Waals surface area contributed by atoms with Crippen molar-refractivity contribution in [3.63, 3.8) is 0 Å². The van der Waals surface area contributed by atoms with Gasteiger partial charge in [-0.1, -0.05) is 56.5 Å². The van der Waals surface area contributed by atoms with Crippen LogP contribution in [0.15, 0.2) is 35.9 Å². The van der Waals surface area contributed by atoms with Gasteiger partial charge in [0.25, 0.3) is 0 Å². The van der Waals surface area contributed by atoms with E-state index in [1.54, 1.807) is 24.3 Å². The average Bonchev–Trinajstić information content (AvgIpc) is 2.48. The Balaban J connectivity index is 2.66. The van der Waals surface area contributed by atoms with Crippen LogP contribution >= 0.6 is 0 Å². The van der Waals surface area contributed by atoms with Crippen molar-refractivity contribution in [2.45, 2.75) is 32.6 Å². The summed E-state index contributed by atoms with van der Waals surface area (Å²) in [5.74, 6) is -0.648. The molecule has 0 spiro atoms. The molecule has 0 aliphatic carbocycles. The van der Waals surface area contributed by atoms with Gasteiger partial charge in [0.15, 0.2) is 5.57 Å². The molecule has 0 unspecified atom stereocenters. The minimum Gasteiger partial charge on any atom is -0.462 e. The van der Waals surface area contributed by atoms with Gasteiger partial charge in [-0.05, 0) is 12.0 Å². The second-order valence-electron chi connectivity index (χ2n) is 4.46. The highest BCUT2D eigenvalue weighted by Crippen LogP contribution is 2.14. The molecule has 0 fully saturated rings. The third-order valence-electron chi connectivity index (χ3n) is 2.90. The van der Waals surface area contributed by atoms with Crippen LogP contribution in [0.2, 0.25) is 0 Å². The summed E-state index contributed by atoms with van der Waals surface area (Å²) < 4.78 is 5.08. The molecule has 0 heterocycles. The number of nitriles is 1. The number of ether oxygens (including phenoxy) is 1. The molecule has 1 aromatic rings. The number of nitrogens with two attached hydrogens (primary N) is 1. The van der Waals surface area contributed by atoms with Gasteiger partial charge in [-0.2, -0.15) is 5.26 Å². The van der Waals surface area contributed by atoms with E-state index in [1.165, 1.54) is 0 Å². The van der Waals surface area contributed by atoms with Gasteiger partial charge in [-0.15, -0.1) is 0 Å². The molecule has 20 heavy (non-hydrogen) atoms. The van der Waals surface area contributed by atoms with E-state index in [9.17, 15) is 4.79 Å². The quantitative estimate of drug-likeness (QED) is 0.358. The SMILES string of the molecule is CCCCCCOC(=O)C(C#N)=C(N)c1ccccc1. The monoisotopic (exact) mass is 272 g/mol. The maximum atomic E-state index is 11.8. The van der Waals surface area contributed by atoms with Gasteiger partial charge in [0.05, 0.1) is 12.3 Å². The summed E-state index contributed by atoms with van der Waals surface area (Å²) in [5.41, 5.74) is 6.53. The standard InChI is InChI=1S/C16H20N2O2/c1-2-3-4-8-11-20-16(19)14(12-17)15(18)13-9-6-5-7-10-13/h5-7,9-10H,2-4,8,11,18H2,1H3. The Morgan fingerprint density at radius 2 is 1.95 bits per heavy atom. The number of carbonyl (C=O) groups is 1. The first-order chi connectivity index (χ1) is 9.70. The Kier molecular flexibility index (Phi) is 6.91. The van der Waals surface area contributed by atoms with Crippen molar-refractivity contribution in [1.82, 2.24) is 0 Å². The average molecular weight is 272 g/mol. The van der Waals surface area contributed by atoms with Gasteiger partial charge in [-0.25, -0.2) is 4.79 Å². The summed E-state index contributed by atoms with van der Waals surface area (Å²) in [6, 6.07) is 10.8. The van der Waals surface area contributed by atoms with Crippen molar-refractivity contribution >= 4 is 11.7 Å². The van der Waals surface area contributed by atoms with Gasteiger partial charge in [0.1, 0.15) is 6.07 Å². The molecule has 4 heteroatoms. The molecule has 0 atom stereocenters. The van der Waals surface area contributed by atoms with E-state index in [1.807, 2.05) is 12.1 Å². The molecule has 1 rings (SSSR count). The van der Waals surface area contributed by atoms with E-state index in [-0.39, 0.29) is 11.3 Å². The molecule has 2 N–H and O–H groups in total. The number of nitrogens with zero attached hydrogens (tertiary/aromatic N) is 1. The molecule has 0 aliphatic heterocycles. The minimum absolute atomic E-state index is 0.133. The largest absolute Gasteiger partial charge is 0.462 e. The lowest BCUT2D eigenvalue weighted by Crippen LogP contribution is -2.13. The summed E-state index contributed by atoms with van der Waals surface area (Å²) in [6.45, 7) is 2.44. The molecule has 0 saturated heterocycles. The third kappa shape index (κ3) is 4.77. The molecular weight excluding hydrogens is 252 g/mol. The van der Waals surface area contributed by atoms with E-state index >= 15 is 0 Å². The van der Waals surface area contributed by atoms with Gasteiger partial charge in [-0.3, -0.25) is 0 Å². The lowest BCUT2D eigenvalue weighted by molar-refractivity contribution is -0.138. The lowest BCUT2D eigenvalue weighted by atomic mass is 10.1. The van der Waals surface area contributed by atoms with Crippen LogP contribution in [-0.4, -0.2) is 12.6 Å². The molecule has 0 radical (unpaired) electrons. The fourth-order valence-corrected chi connectivity index (χ4v) is 1.74. The van der Waals surface area contributed by atoms with Crippen molar-refractivity contribution in [3.8, 4) is 6.07 Å². The van der Waals surface area contributed by atoms with Crippen molar-refractivity contribution in [2.75, 3.05) is 6.61 Å². The number of esters is 1. The predicted molar refractivity (Wildman–Crippen MR) is 78.3 cm³/mol. The molecule has 0 amide bonds. The Labute approximate surface area is 119 Å². The number of benzene rings is 1. The van der Waals surface area contributed by atoms with Crippen molar-refractivity contribution in [2.24, 2.45) is 5.73 Å².